The Kier molecular flexibility index (Phi) is 13.7. The van der Waals surface area contributed by atoms with Gasteiger partial charge in [-0.3, -0.25) is 0 Å². The van der Waals surface area contributed by atoms with Crippen molar-refractivity contribution in [2.75, 3.05) is 48.3 Å². The van der Waals surface area contributed by atoms with Gasteiger partial charge in [0.25, 0.3) is 0 Å². The second-order valence-corrected chi connectivity index (χ2v) is 11.9. The molecule has 0 unspecified atom stereocenters. The highest BCUT2D eigenvalue weighted by molar-refractivity contribution is 5.85. The lowest BCUT2D eigenvalue weighted by Crippen LogP contribution is -2.46. The molecule has 0 amide bonds. The zero-order valence-electron chi connectivity index (χ0n) is 24.1. The van der Waals surface area contributed by atoms with Gasteiger partial charge in [-0.15, -0.1) is 24.8 Å². The fourth-order valence-electron chi connectivity index (χ4n) is 2.75. The Hall–Kier alpha value is -1.05. The van der Waals surface area contributed by atoms with Crippen LogP contribution in [0, 0.1) is 10.8 Å². The van der Waals surface area contributed by atoms with Crippen molar-refractivity contribution >= 4 is 42.7 Å². The molecular formula is C25H53Cl2N7. The lowest BCUT2D eigenvalue weighted by molar-refractivity contribution is 0.251. The van der Waals surface area contributed by atoms with Crippen LogP contribution in [-0.2, 0) is 0 Å². The molecule has 9 heteroatoms. The van der Waals surface area contributed by atoms with E-state index < -0.39 is 0 Å². The van der Waals surface area contributed by atoms with Gasteiger partial charge in [-0.05, 0) is 58.5 Å². The van der Waals surface area contributed by atoms with Crippen molar-refractivity contribution in [1.82, 2.24) is 19.9 Å². The molecule has 1 rings (SSSR count). The first-order chi connectivity index (χ1) is 14.5. The molecule has 0 aliphatic carbocycles. The van der Waals surface area contributed by atoms with Gasteiger partial charge in [0.15, 0.2) is 0 Å². The summed E-state index contributed by atoms with van der Waals surface area (Å²) in [4.78, 5) is 19.2. The van der Waals surface area contributed by atoms with Crippen LogP contribution >= 0.6 is 24.8 Å². The van der Waals surface area contributed by atoms with E-state index in [9.17, 15) is 0 Å². The number of nitrogens with one attached hydrogen (secondary N) is 2. The summed E-state index contributed by atoms with van der Waals surface area (Å²) in [5.41, 5.74) is -0.321. The van der Waals surface area contributed by atoms with Gasteiger partial charge in [0.2, 0.25) is 17.8 Å². The monoisotopic (exact) mass is 521 g/mol. The van der Waals surface area contributed by atoms with Crippen LogP contribution in [0.15, 0.2) is 0 Å². The summed E-state index contributed by atoms with van der Waals surface area (Å²) in [6.07, 6.45) is 0. The van der Waals surface area contributed by atoms with Crippen LogP contribution in [0.4, 0.5) is 17.8 Å². The summed E-state index contributed by atoms with van der Waals surface area (Å²) in [5.74, 6) is 1.95. The van der Waals surface area contributed by atoms with Gasteiger partial charge in [-0.1, -0.05) is 55.4 Å². The number of aromatic nitrogens is 3. The first kappa shape index (κ1) is 35.1. The molecule has 0 bridgehead atoms. The highest BCUT2D eigenvalue weighted by Gasteiger charge is 2.35. The van der Waals surface area contributed by atoms with Crippen molar-refractivity contribution in [1.29, 1.82) is 0 Å². The molecule has 0 aromatic carbocycles. The van der Waals surface area contributed by atoms with Crippen LogP contribution in [0.5, 0.6) is 0 Å². The van der Waals surface area contributed by atoms with E-state index in [-0.39, 0.29) is 46.7 Å². The fourth-order valence-corrected chi connectivity index (χ4v) is 2.75. The predicted octanol–water partition coefficient (Wildman–Crippen LogP) is 6.36. The SMILES string of the molecule is CCN(CC)CCN(CC)c1nc(NC(C)(C)C(C)(C)C)nc(NC(C)(C)C(C)(C)C)n1.Cl.Cl. The Morgan fingerprint density at radius 2 is 0.971 bits per heavy atom. The third-order valence-corrected chi connectivity index (χ3v) is 7.47. The van der Waals surface area contributed by atoms with E-state index in [2.05, 4.69) is 110 Å². The maximum atomic E-state index is 4.86. The molecule has 202 valence electrons. The normalized spacial score (nSPS) is 12.6. The fraction of sp³-hybridized carbons (Fsp3) is 0.880. The lowest BCUT2D eigenvalue weighted by atomic mass is 9.76. The van der Waals surface area contributed by atoms with Gasteiger partial charge in [-0.25, -0.2) is 0 Å². The second-order valence-electron chi connectivity index (χ2n) is 11.9. The highest BCUT2D eigenvalue weighted by atomic mass is 35.5. The average Bonchev–Trinajstić information content (AvgIpc) is 2.62. The molecule has 2 N–H and O–H groups in total. The molecular weight excluding hydrogens is 469 g/mol. The lowest BCUT2D eigenvalue weighted by Gasteiger charge is -2.41. The van der Waals surface area contributed by atoms with Gasteiger partial charge in [-0.2, -0.15) is 15.0 Å². The van der Waals surface area contributed by atoms with Crippen LogP contribution in [0.1, 0.15) is 90.0 Å². The van der Waals surface area contributed by atoms with Crippen LogP contribution in [0.2, 0.25) is 0 Å². The summed E-state index contributed by atoms with van der Waals surface area (Å²) in [7, 11) is 0. The molecule has 0 aliphatic heterocycles. The molecule has 0 aliphatic rings. The number of hydrogen-bond acceptors (Lipinski definition) is 7. The summed E-state index contributed by atoms with van der Waals surface area (Å²) in [5, 5.41) is 7.18. The van der Waals surface area contributed by atoms with Gasteiger partial charge in [0.1, 0.15) is 0 Å². The van der Waals surface area contributed by atoms with E-state index in [1.807, 2.05) is 0 Å². The van der Waals surface area contributed by atoms with E-state index in [0.717, 1.165) is 32.7 Å². The first-order valence-electron chi connectivity index (χ1n) is 12.3. The summed E-state index contributed by atoms with van der Waals surface area (Å²) < 4.78 is 0. The minimum Gasteiger partial charge on any atom is -0.349 e. The van der Waals surface area contributed by atoms with Gasteiger partial charge in [0, 0.05) is 30.7 Å². The predicted molar refractivity (Wildman–Crippen MR) is 154 cm³/mol. The van der Waals surface area contributed by atoms with Crippen molar-refractivity contribution in [3.63, 3.8) is 0 Å². The Morgan fingerprint density at radius 1 is 0.588 bits per heavy atom. The maximum absolute atomic E-state index is 4.86. The Labute approximate surface area is 222 Å². The molecule has 1 heterocycles. The highest BCUT2D eigenvalue weighted by Crippen LogP contribution is 2.34. The van der Waals surface area contributed by atoms with E-state index >= 15 is 0 Å². The number of hydrogen-bond donors (Lipinski definition) is 2. The minimum absolute atomic E-state index is 0. The van der Waals surface area contributed by atoms with Gasteiger partial charge >= 0.3 is 0 Å². The van der Waals surface area contributed by atoms with Crippen LogP contribution in [0.25, 0.3) is 0 Å². The maximum Gasteiger partial charge on any atom is 0.231 e. The summed E-state index contributed by atoms with van der Waals surface area (Å²) in [6, 6.07) is 0. The molecule has 34 heavy (non-hydrogen) atoms. The standard InChI is InChI=1S/C25H51N7.2ClH/c1-14-31(15-2)17-18-32(16-3)21-27-19(29-24(10,11)22(4,5)6)26-20(28-21)30-25(12,13)23(7,8)9;;/h14-18H2,1-13H3,(H2,26,27,28,29,30);2*1H. The topological polar surface area (TPSA) is 69.2 Å². The molecule has 0 saturated heterocycles. The van der Waals surface area contributed by atoms with Crippen molar-refractivity contribution < 1.29 is 0 Å². The number of nitrogens with zero attached hydrogens (tertiary/aromatic N) is 5. The molecule has 0 saturated carbocycles. The second kappa shape index (κ2) is 13.3. The van der Waals surface area contributed by atoms with Gasteiger partial charge in [0.05, 0.1) is 0 Å². The number of rotatable bonds is 11. The molecule has 0 spiro atoms. The number of anilines is 3. The van der Waals surface area contributed by atoms with Gasteiger partial charge < -0.3 is 20.4 Å². The largest absolute Gasteiger partial charge is 0.349 e. The van der Waals surface area contributed by atoms with E-state index in [1.54, 1.807) is 0 Å². The van der Waals surface area contributed by atoms with Crippen molar-refractivity contribution in [2.45, 2.75) is 101 Å². The number of likely N-dealkylation sites (N-methyl/N-ethyl adjacent to an activating group) is 2. The zero-order chi connectivity index (χ0) is 25.0. The molecule has 1 aromatic heterocycles. The van der Waals surface area contributed by atoms with Crippen molar-refractivity contribution in [3.05, 3.63) is 0 Å². The summed E-state index contributed by atoms with van der Waals surface area (Å²) >= 11 is 0. The molecule has 0 atom stereocenters. The van der Waals surface area contributed by atoms with E-state index in [0.29, 0.717) is 17.8 Å². The molecule has 1 aromatic rings. The average molecular weight is 523 g/mol. The van der Waals surface area contributed by atoms with E-state index in [1.165, 1.54) is 0 Å². The molecule has 0 fully saturated rings. The smallest absolute Gasteiger partial charge is 0.231 e. The van der Waals surface area contributed by atoms with E-state index in [4.69, 9.17) is 15.0 Å². The number of halogens is 2. The quantitative estimate of drug-likeness (QED) is 0.351. The third-order valence-electron chi connectivity index (χ3n) is 7.47. The third kappa shape index (κ3) is 9.54. The van der Waals surface area contributed by atoms with Crippen LogP contribution < -0.4 is 15.5 Å². The Bertz CT molecular complexity index is 675. The Morgan fingerprint density at radius 3 is 1.26 bits per heavy atom. The van der Waals surface area contributed by atoms with Crippen LogP contribution in [0.3, 0.4) is 0 Å². The molecule has 0 radical (unpaired) electrons. The summed E-state index contributed by atoms with van der Waals surface area (Å²) in [6.45, 7) is 33.5. The van der Waals surface area contributed by atoms with Crippen molar-refractivity contribution in [3.8, 4) is 0 Å². The van der Waals surface area contributed by atoms with Crippen LogP contribution in [-0.4, -0.2) is 63.7 Å². The minimum atomic E-state index is -0.194. The molecule has 7 nitrogen and oxygen atoms in total. The Balaban J connectivity index is 0. The van der Waals surface area contributed by atoms with Crippen molar-refractivity contribution in [2.24, 2.45) is 10.8 Å². The zero-order valence-corrected chi connectivity index (χ0v) is 25.7. The first-order valence-corrected chi connectivity index (χ1v) is 12.3.